The van der Waals surface area contributed by atoms with E-state index < -0.39 is 148 Å². The van der Waals surface area contributed by atoms with Crippen molar-refractivity contribution in [2.75, 3.05) is 25.6 Å². The monoisotopic (exact) mass is 940 g/mol. The number of nitrogen functional groups attached to an aromatic ring is 1. The van der Waals surface area contributed by atoms with Crippen molar-refractivity contribution < 1.29 is 97.7 Å². The zero-order valence-corrected chi connectivity index (χ0v) is 34.9. The Bertz CT molecular complexity index is 2620. The molecule has 26 nitrogen and oxygen atoms in total. The Morgan fingerprint density at radius 1 is 0.712 bits per heavy atom. The fourth-order valence-electron chi connectivity index (χ4n) is 5.51. The molecule has 1 aliphatic rings. The van der Waals surface area contributed by atoms with Gasteiger partial charge in [0.1, 0.15) is 42.1 Å². The Morgan fingerprint density at radius 3 is 1.59 bits per heavy atom. The van der Waals surface area contributed by atoms with Crippen LogP contribution in [0.2, 0.25) is 0 Å². The minimum absolute atomic E-state index is 0.157. The number of esters is 3. The van der Waals surface area contributed by atoms with Gasteiger partial charge in [0.15, 0.2) is 58.3 Å². The van der Waals surface area contributed by atoms with Crippen LogP contribution in [0.4, 0.5) is 5.13 Å². The van der Waals surface area contributed by atoms with Crippen molar-refractivity contribution in [3.63, 3.8) is 0 Å². The first kappa shape index (κ1) is 48.2. The largest absolute Gasteiger partial charge is 0.504 e. The molecule has 66 heavy (non-hydrogen) atoms. The number of nitrogens with zero attached hydrogens (tertiary/aromatic N) is 2. The number of oxime groups is 1. The minimum atomic E-state index is -2.09. The molecule has 1 fully saturated rings. The second-order valence-corrected chi connectivity index (χ2v) is 15.2. The van der Waals surface area contributed by atoms with Crippen LogP contribution in [0.5, 0.6) is 34.5 Å². The van der Waals surface area contributed by atoms with Crippen molar-refractivity contribution in [1.29, 1.82) is 0 Å². The number of carboxylic acids is 1. The van der Waals surface area contributed by atoms with E-state index >= 15 is 0 Å². The lowest BCUT2D eigenvalue weighted by atomic mass is 10.1. The summed E-state index contributed by atoms with van der Waals surface area (Å²) in [7, 11) is 0. The van der Waals surface area contributed by atoms with Crippen molar-refractivity contribution in [3.8, 4) is 40.2 Å². The van der Waals surface area contributed by atoms with Crippen LogP contribution in [-0.4, -0.2) is 133 Å². The highest BCUT2D eigenvalue weighted by Gasteiger charge is 2.37. The molecule has 3 aromatic carbocycles. The first-order valence-electron chi connectivity index (χ1n) is 18.6. The van der Waals surface area contributed by atoms with Gasteiger partial charge in [-0.05, 0) is 61.6 Å². The first-order valence-corrected chi connectivity index (χ1v) is 19.4. The number of carbonyl (C=O) groups is 8. The maximum Gasteiger partial charge on any atom is 0.350 e. The highest BCUT2D eigenvalue weighted by Crippen LogP contribution is 2.33. The van der Waals surface area contributed by atoms with Gasteiger partial charge in [-0.1, -0.05) is 17.3 Å². The number of hydrogen-bond acceptors (Lipinski definition) is 21. The highest BCUT2D eigenvalue weighted by atomic mass is 32.1. The summed E-state index contributed by atoms with van der Waals surface area (Å²) >= 11 is 0.617. The molecule has 0 saturated carbocycles. The van der Waals surface area contributed by atoms with E-state index in [-0.39, 0.29) is 15.7 Å². The Balaban J connectivity index is 1.50. The predicted molar refractivity (Wildman–Crippen MR) is 218 cm³/mol. The van der Waals surface area contributed by atoms with Gasteiger partial charge in [0.25, 0.3) is 23.6 Å². The summed E-state index contributed by atoms with van der Waals surface area (Å²) in [5.74, 6) is -16.1. The van der Waals surface area contributed by atoms with Gasteiger partial charge in [-0.25, -0.2) is 19.2 Å². The van der Waals surface area contributed by atoms with Gasteiger partial charge in [-0.15, -0.1) is 0 Å². The molecule has 4 amide bonds. The number of nitrogens with two attached hydrogens (primary N) is 2. The quantitative estimate of drug-likeness (QED) is 0.0187. The molecule has 4 aromatic rings. The summed E-state index contributed by atoms with van der Waals surface area (Å²) in [6.45, 7) is -1.01. The number of cyclic esters (lactones) is 3. The summed E-state index contributed by atoms with van der Waals surface area (Å²) < 4.78 is 16.6. The van der Waals surface area contributed by atoms with Gasteiger partial charge in [0.2, 0.25) is 5.60 Å². The average Bonchev–Trinajstić information content (AvgIpc) is 3.64. The maximum absolute atomic E-state index is 14.1. The van der Waals surface area contributed by atoms with Crippen molar-refractivity contribution in [2.45, 2.75) is 37.6 Å². The van der Waals surface area contributed by atoms with Crippen LogP contribution in [0.15, 0.2) is 59.9 Å². The molecule has 348 valence electrons. The molecule has 1 aromatic heterocycles. The standard InChI is InChI=1S/C39H37N7O19S/c1-39(2,37(60)61)65-45-26(30(40)53)24-11-46(38(41)66-24)20-9-10-23(49)29(52)25(20)33(56)44-19-14-64-35(58)17(42-31(54)15-5-3-7-21(47)27(15)50)12-62-34(57)18(13-63-36(19)59)43-32(55)16-6-4-8-22(48)28(16)51/h3-11,17-19,41H,12-14H2,1-2H3,(H12,40,42,43,44,45,47,48,49,50,51,52,53,54,55,56,60,61)/p+1. The third kappa shape index (κ3) is 10.7. The summed E-state index contributed by atoms with van der Waals surface area (Å²) in [5.41, 5.74) is 6.83. The number of aliphatic carboxylic acids is 1. The van der Waals surface area contributed by atoms with Crippen LogP contribution in [0.3, 0.4) is 0 Å². The van der Waals surface area contributed by atoms with Crippen molar-refractivity contribution in [3.05, 3.63) is 76.3 Å². The summed E-state index contributed by atoms with van der Waals surface area (Å²) in [4.78, 5) is 110. The molecule has 3 unspecified atom stereocenters. The van der Waals surface area contributed by atoms with E-state index in [1.54, 1.807) is 0 Å². The summed E-state index contributed by atoms with van der Waals surface area (Å²) in [6.07, 6.45) is 1.07. The van der Waals surface area contributed by atoms with Crippen LogP contribution in [0.1, 0.15) is 49.8 Å². The van der Waals surface area contributed by atoms with Gasteiger partial charge in [0, 0.05) is 0 Å². The number of hydrogen-bond donors (Lipinski definition) is 12. The van der Waals surface area contributed by atoms with Crippen molar-refractivity contribution in [2.24, 2.45) is 10.9 Å². The van der Waals surface area contributed by atoms with Crippen LogP contribution < -0.4 is 32.0 Å². The number of carbonyl (C=O) groups excluding carboxylic acids is 7. The number of thiazole rings is 1. The number of phenolic OH excluding ortho intramolecular Hbond substituents is 6. The molecular weight excluding hydrogens is 903 g/mol. The van der Waals surface area contributed by atoms with E-state index in [0.29, 0.717) is 11.3 Å². The minimum Gasteiger partial charge on any atom is -0.504 e. The Labute approximate surface area is 373 Å². The van der Waals surface area contributed by atoms with Crippen LogP contribution in [0, 0.1) is 0 Å². The SMILES string of the molecule is CC(C)(O/N=C(\C(N)=O)c1c[n+](-c2ccc(O)c(O)c2C(=O)NC2COC(=O)C(NC(=O)c3cccc(O)c3O)COC(=O)C(NC(=O)c3cccc(O)c3O)COC2=O)c(N)s1)C(=O)O. The van der Waals surface area contributed by atoms with Gasteiger partial charge < -0.3 is 76.5 Å². The Kier molecular flexibility index (Phi) is 14.3. The molecule has 3 atom stereocenters. The number of amides is 4. The van der Waals surface area contributed by atoms with Gasteiger partial charge >= 0.3 is 29.0 Å². The lowest BCUT2D eigenvalue weighted by Crippen LogP contribution is -2.53. The average molecular weight is 941 g/mol. The zero-order valence-electron chi connectivity index (χ0n) is 34.0. The van der Waals surface area contributed by atoms with Crippen molar-refractivity contribution >= 4 is 69.7 Å². The normalized spacial score (nSPS) is 17.1. The summed E-state index contributed by atoms with van der Waals surface area (Å²) in [5, 5.41) is 80.9. The van der Waals surface area contributed by atoms with E-state index in [0.717, 1.165) is 61.0 Å². The van der Waals surface area contributed by atoms with E-state index in [1.807, 2.05) is 0 Å². The van der Waals surface area contributed by atoms with E-state index in [4.69, 9.17) is 30.5 Å². The maximum atomic E-state index is 14.1. The lowest BCUT2D eigenvalue weighted by molar-refractivity contribution is -0.575. The third-order valence-electron chi connectivity index (χ3n) is 9.13. The number of primary amides is 1. The van der Waals surface area contributed by atoms with Crippen LogP contribution >= 0.6 is 11.3 Å². The molecule has 0 bridgehead atoms. The van der Waals surface area contributed by atoms with Gasteiger partial charge in [-0.3, -0.25) is 24.9 Å². The van der Waals surface area contributed by atoms with Crippen molar-refractivity contribution in [1.82, 2.24) is 16.0 Å². The zero-order chi connectivity index (χ0) is 48.8. The van der Waals surface area contributed by atoms with Gasteiger partial charge in [0.05, 0.1) is 11.1 Å². The van der Waals surface area contributed by atoms with Crippen LogP contribution in [-0.2, 0) is 43.0 Å². The predicted octanol–water partition coefficient (Wildman–Crippen LogP) is -1.75. The second kappa shape index (κ2) is 19.7. The number of para-hydroxylation sites is 2. The number of anilines is 1. The number of ether oxygens (including phenoxy) is 3. The highest BCUT2D eigenvalue weighted by molar-refractivity contribution is 7.17. The number of aromatic nitrogens is 1. The number of phenols is 6. The first-order chi connectivity index (χ1) is 31.0. The lowest BCUT2D eigenvalue weighted by Gasteiger charge is -2.25. The molecule has 14 N–H and O–H groups in total. The number of nitrogens with one attached hydrogen (secondary N) is 3. The van der Waals surface area contributed by atoms with E-state index in [9.17, 15) is 74.1 Å². The molecule has 2 heterocycles. The topological polar surface area (TPSA) is 419 Å². The molecular formula is C39H38N7O19S+. The van der Waals surface area contributed by atoms with Crippen LogP contribution in [0.25, 0.3) is 5.69 Å². The Hall–Kier alpha value is -8.88. The molecule has 0 spiro atoms. The number of aromatic hydroxyl groups is 6. The van der Waals surface area contributed by atoms with Gasteiger partial charge in [-0.2, -0.15) is 4.57 Å². The second-order valence-electron chi connectivity index (χ2n) is 14.2. The number of rotatable bonds is 12. The molecule has 27 heteroatoms. The molecule has 0 radical (unpaired) electrons. The fourth-order valence-corrected chi connectivity index (χ4v) is 6.37. The fraction of sp³-hybridized carbons (Fsp3) is 0.231. The molecule has 1 aliphatic heterocycles. The smallest absolute Gasteiger partial charge is 0.350 e. The third-order valence-corrected chi connectivity index (χ3v) is 10.1. The molecule has 1 saturated heterocycles. The molecule has 5 rings (SSSR count). The number of benzene rings is 3. The Morgan fingerprint density at radius 2 is 1.15 bits per heavy atom. The number of carboxylic acid groups (broad SMARTS) is 1. The van der Waals surface area contributed by atoms with E-state index in [1.165, 1.54) is 12.1 Å². The molecule has 0 aliphatic carbocycles. The summed E-state index contributed by atoms with van der Waals surface area (Å²) in [6, 6.07) is 2.49. The van der Waals surface area contributed by atoms with E-state index in [2.05, 4.69) is 21.1 Å².